The number of hydrogen-bond acceptors (Lipinski definition) is 6. The molecule has 0 atom stereocenters. The molecule has 38 heavy (non-hydrogen) atoms. The number of nitrogens with zero attached hydrogens (tertiary/aromatic N) is 6. The Morgan fingerprint density at radius 2 is 0.737 bits per heavy atom. The third-order valence-electron chi connectivity index (χ3n) is 6.74. The molecule has 0 bridgehead atoms. The maximum absolute atomic E-state index is 4.41. The number of hydrogen-bond donors (Lipinski definition) is 0. The summed E-state index contributed by atoms with van der Waals surface area (Å²) in [5.74, 6) is 1.29. The summed E-state index contributed by atoms with van der Waals surface area (Å²) in [5.41, 5.74) is 6.49. The van der Waals surface area contributed by atoms with Gasteiger partial charge in [0, 0.05) is 11.1 Å². The van der Waals surface area contributed by atoms with Gasteiger partial charge in [-0.05, 0) is 55.9 Å². The summed E-state index contributed by atoms with van der Waals surface area (Å²) in [5, 5.41) is 4.56. The lowest BCUT2D eigenvalue weighted by Crippen LogP contribution is -1.95. The zero-order valence-corrected chi connectivity index (χ0v) is 20.2. The van der Waals surface area contributed by atoms with E-state index in [-0.39, 0.29) is 0 Å². The zero-order valence-electron chi connectivity index (χ0n) is 20.2. The summed E-state index contributed by atoms with van der Waals surface area (Å²) in [7, 11) is 0. The van der Waals surface area contributed by atoms with Crippen LogP contribution in [0.15, 0.2) is 122 Å². The fourth-order valence-corrected chi connectivity index (χ4v) is 5.11. The molecule has 0 aliphatic carbocycles. The molecule has 0 aliphatic heterocycles. The molecule has 0 radical (unpaired) electrons. The normalized spacial score (nSPS) is 11.2. The standard InChI is InChI=1S/C32H20N6/c1-3-7-21(8-4-1)29-25-13-11-24(32-37-19-34-20-38-32)16-28(25)30(22-9-5-2-6-10-22)26-14-12-23(15-27(26)29)31-35-17-33-18-36-31/h1-20H. The molecule has 0 N–H and O–H groups in total. The Balaban J connectivity index is 1.64. The van der Waals surface area contributed by atoms with Gasteiger partial charge in [-0.3, -0.25) is 0 Å². The number of rotatable bonds is 4. The second-order valence-corrected chi connectivity index (χ2v) is 8.93. The first-order valence-electron chi connectivity index (χ1n) is 12.3. The van der Waals surface area contributed by atoms with E-state index >= 15 is 0 Å². The lowest BCUT2D eigenvalue weighted by atomic mass is 9.84. The topological polar surface area (TPSA) is 77.3 Å². The molecule has 0 spiro atoms. The number of fused-ring (bicyclic) bond motifs is 2. The minimum atomic E-state index is 0.646. The molecule has 7 aromatic rings. The van der Waals surface area contributed by atoms with E-state index < -0.39 is 0 Å². The van der Waals surface area contributed by atoms with Crippen molar-refractivity contribution in [2.75, 3.05) is 0 Å². The fraction of sp³-hybridized carbons (Fsp3) is 0. The van der Waals surface area contributed by atoms with Crippen molar-refractivity contribution in [1.82, 2.24) is 29.9 Å². The molecule has 6 heteroatoms. The van der Waals surface area contributed by atoms with Crippen LogP contribution in [-0.2, 0) is 0 Å². The zero-order chi connectivity index (χ0) is 25.3. The summed E-state index contributed by atoms with van der Waals surface area (Å²) in [4.78, 5) is 25.6. The fourth-order valence-electron chi connectivity index (χ4n) is 5.11. The molecular formula is C32H20N6. The highest BCUT2D eigenvalue weighted by Gasteiger charge is 2.19. The van der Waals surface area contributed by atoms with Gasteiger partial charge in [0.25, 0.3) is 0 Å². The van der Waals surface area contributed by atoms with Crippen LogP contribution in [0.3, 0.4) is 0 Å². The molecule has 0 fully saturated rings. The summed E-state index contributed by atoms with van der Waals surface area (Å²) in [6.07, 6.45) is 6.12. The number of aromatic nitrogens is 6. The molecule has 2 aromatic heterocycles. The minimum absolute atomic E-state index is 0.646. The highest BCUT2D eigenvalue weighted by Crippen LogP contribution is 2.45. The van der Waals surface area contributed by atoms with E-state index in [0.29, 0.717) is 11.6 Å². The van der Waals surface area contributed by atoms with Gasteiger partial charge in [-0.1, -0.05) is 84.9 Å². The van der Waals surface area contributed by atoms with Crippen LogP contribution in [0.5, 0.6) is 0 Å². The molecule has 0 amide bonds. The van der Waals surface area contributed by atoms with Crippen LogP contribution in [0.2, 0.25) is 0 Å². The van der Waals surface area contributed by atoms with Gasteiger partial charge >= 0.3 is 0 Å². The van der Waals surface area contributed by atoms with E-state index in [1.165, 1.54) is 25.3 Å². The first-order valence-corrected chi connectivity index (χ1v) is 12.3. The quantitative estimate of drug-likeness (QED) is 0.248. The van der Waals surface area contributed by atoms with E-state index in [0.717, 1.165) is 54.9 Å². The largest absolute Gasteiger partial charge is 0.225 e. The van der Waals surface area contributed by atoms with Crippen LogP contribution in [0, 0.1) is 0 Å². The van der Waals surface area contributed by atoms with Crippen molar-refractivity contribution >= 4 is 21.5 Å². The van der Waals surface area contributed by atoms with Crippen molar-refractivity contribution in [3.05, 3.63) is 122 Å². The van der Waals surface area contributed by atoms with Gasteiger partial charge in [0.15, 0.2) is 11.6 Å². The van der Waals surface area contributed by atoms with Crippen LogP contribution in [0.25, 0.3) is 66.6 Å². The summed E-state index contributed by atoms with van der Waals surface area (Å²) in [6, 6.07) is 33.9. The molecule has 0 saturated carbocycles. The van der Waals surface area contributed by atoms with Gasteiger partial charge in [-0.15, -0.1) is 0 Å². The summed E-state index contributed by atoms with van der Waals surface area (Å²) < 4.78 is 0. The van der Waals surface area contributed by atoms with Crippen LogP contribution in [0.4, 0.5) is 0 Å². The molecular weight excluding hydrogens is 468 g/mol. The number of benzene rings is 5. The van der Waals surface area contributed by atoms with Crippen LogP contribution in [0.1, 0.15) is 0 Å². The molecule has 5 aromatic carbocycles. The minimum Gasteiger partial charge on any atom is -0.225 e. The highest BCUT2D eigenvalue weighted by molar-refractivity contribution is 6.22. The van der Waals surface area contributed by atoms with Crippen molar-refractivity contribution in [1.29, 1.82) is 0 Å². The molecule has 0 saturated heterocycles. The highest BCUT2D eigenvalue weighted by atomic mass is 15.0. The maximum Gasteiger partial charge on any atom is 0.162 e. The SMILES string of the molecule is c1ccc(-c2c3ccc(-c4ncncn4)cc3c(-c3ccccc3)c3ccc(-c4ncncn4)cc23)cc1. The lowest BCUT2D eigenvalue weighted by Gasteiger charge is -2.19. The monoisotopic (exact) mass is 488 g/mol. The molecule has 6 nitrogen and oxygen atoms in total. The van der Waals surface area contributed by atoms with Crippen molar-refractivity contribution < 1.29 is 0 Å². The Morgan fingerprint density at radius 3 is 1.13 bits per heavy atom. The summed E-state index contributed by atoms with van der Waals surface area (Å²) >= 11 is 0. The molecule has 7 rings (SSSR count). The predicted molar refractivity (Wildman–Crippen MR) is 150 cm³/mol. The smallest absolute Gasteiger partial charge is 0.162 e. The van der Waals surface area contributed by atoms with Crippen molar-refractivity contribution in [2.24, 2.45) is 0 Å². The third-order valence-corrected chi connectivity index (χ3v) is 6.74. The van der Waals surface area contributed by atoms with E-state index in [4.69, 9.17) is 0 Å². The van der Waals surface area contributed by atoms with Crippen LogP contribution in [-0.4, -0.2) is 29.9 Å². The average molecular weight is 489 g/mol. The predicted octanol–water partition coefficient (Wildman–Crippen LogP) is 7.03. The van der Waals surface area contributed by atoms with Gasteiger partial charge in [0.2, 0.25) is 0 Å². The third kappa shape index (κ3) is 3.76. The second-order valence-electron chi connectivity index (χ2n) is 8.93. The van der Waals surface area contributed by atoms with Crippen molar-refractivity contribution in [3.8, 4) is 45.0 Å². The Morgan fingerprint density at radius 1 is 0.342 bits per heavy atom. The van der Waals surface area contributed by atoms with Gasteiger partial charge in [0.1, 0.15) is 25.3 Å². The van der Waals surface area contributed by atoms with E-state index in [9.17, 15) is 0 Å². The van der Waals surface area contributed by atoms with Gasteiger partial charge in [-0.2, -0.15) is 0 Å². The maximum atomic E-state index is 4.41. The first-order chi connectivity index (χ1) is 18.9. The molecule has 0 aliphatic rings. The Kier molecular flexibility index (Phi) is 5.33. The van der Waals surface area contributed by atoms with E-state index in [2.05, 4.69) is 115 Å². The van der Waals surface area contributed by atoms with Gasteiger partial charge < -0.3 is 0 Å². The van der Waals surface area contributed by atoms with Gasteiger partial charge in [0.05, 0.1) is 0 Å². The van der Waals surface area contributed by atoms with Crippen molar-refractivity contribution in [3.63, 3.8) is 0 Å². The Labute approximate surface area is 218 Å². The molecule has 178 valence electrons. The van der Waals surface area contributed by atoms with Gasteiger partial charge in [-0.25, -0.2) is 29.9 Å². The summed E-state index contributed by atoms with van der Waals surface area (Å²) in [6.45, 7) is 0. The van der Waals surface area contributed by atoms with Crippen molar-refractivity contribution in [2.45, 2.75) is 0 Å². The molecule has 0 unspecified atom stereocenters. The van der Waals surface area contributed by atoms with E-state index in [1.807, 2.05) is 12.1 Å². The first kappa shape index (κ1) is 21.9. The lowest BCUT2D eigenvalue weighted by molar-refractivity contribution is 1.06. The molecule has 2 heterocycles. The average Bonchev–Trinajstić information content (AvgIpc) is 3.01. The Bertz CT molecular complexity index is 1750. The van der Waals surface area contributed by atoms with E-state index in [1.54, 1.807) is 0 Å². The second kappa shape index (κ2) is 9.26. The van der Waals surface area contributed by atoms with Crippen LogP contribution >= 0.6 is 0 Å². The van der Waals surface area contributed by atoms with Crippen LogP contribution < -0.4 is 0 Å². The Hall–Kier alpha value is -5.36.